The summed E-state index contributed by atoms with van der Waals surface area (Å²) >= 11 is 0. The molecule has 0 aliphatic carbocycles. The number of ether oxygens (including phenoxy) is 6. The highest BCUT2D eigenvalue weighted by Crippen LogP contribution is 2.20. The molecule has 58 heavy (non-hydrogen) atoms. The molecule has 1 heterocycles. The van der Waals surface area contributed by atoms with Gasteiger partial charge in [-0.25, -0.2) is 0 Å². The summed E-state index contributed by atoms with van der Waals surface area (Å²) in [5.41, 5.74) is 3.32. The van der Waals surface area contributed by atoms with Gasteiger partial charge in [0.05, 0.1) is 59.3 Å². The average molecular weight is 813 g/mol. The number of carbonyl (C=O) groups is 5. The van der Waals surface area contributed by atoms with E-state index in [1.165, 1.54) is 16.0 Å². The molecule has 0 unspecified atom stereocenters. The van der Waals surface area contributed by atoms with Gasteiger partial charge in [-0.05, 0) is 74.5 Å². The largest absolute Gasteiger partial charge is 0.382 e. The van der Waals surface area contributed by atoms with Crippen LogP contribution < -0.4 is 16.0 Å². The second-order valence-corrected chi connectivity index (χ2v) is 14.1. The number of rotatable bonds is 31. The normalized spacial score (nSPS) is 14.2. The molecule has 1 fully saturated rings. The number of benzene rings is 2. The van der Waals surface area contributed by atoms with E-state index in [1.807, 2.05) is 30.3 Å². The fraction of sp³-hybridized carbons (Fsp3) is 0.605. The van der Waals surface area contributed by atoms with E-state index in [0.29, 0.717) is 71.8 Å². The lowest BCUT2D eigenvalue weighted by Gasteiger charge is -2.28. The highest BCUT2D eigenvalue weighted by atomic mass is 16.5. The molecule has 0 saturated carbocycles. The van der Waals surface area contributed by atoms with Crippen LogP contribution >= 0.6 is 0 Å². The molecule has 2 aromatic rings. The van der Waals surface area contributed by atoms with Crippen molar-refractivity contribution in [3.05, 3.63) is 71.3 Å². The standard InChI is InChI=1S/C43H64N4O11/c1-53-23-25-55-27-29-57-32-40(49)44-21-9-8-15-37(45-41(50)33-58-30-28-56-26-24-54-2)43(52)47-22-10-16-38(47)42(51)46-39(48)31-36-19-17-35(18-20-36)14-7-6-13-34-11-4-3-5-12-34/h3-5,11-12,17-20,37-38H,6-10,13-16,21-33H2,1-2H3,(H,44,49)(H,45,50)(H,46,48,51)/t37-,38-/m0/s1. The van der Waals surface area contributed by atoms with E-state index in [-0.39, 0.29) is 51.8 Å². The zero-order valence-electron chi connectivity index (χ0n) is 34.3. The van der Waals surface area contributed by atoms with Crippen LogP contribution in [0.25, 0.3) is 0 Å². The van der Waals surface area contributed by atoms with Crippen LogP contribution in [0.4, 0.5) is 0 Å². The van der Waals surface area contributed by atoms with E-state index in [2.05, 4.69) is 40.2 Å². The number of amides is 5. The first kappa shape index (κ1) is 48.1. The summed E-state index contributed by atoms with van der Waals surface area (Å²) in [5.74, 6) is -2.16. The summed E-state index contributed by atoms with van der Waals surface area (Å²) in [6.45, 7) is 3.15. The molecule has 2 atom stereocenters. The Balaban J connectivity index is 1.46. The molecule has 1 saturated heterocycles. The zero-order chi connectivity index (χ0) is 41.6. The van der Waals surface area contributed by atoms with E-state index >= 15 is 0 Å². The molecule has 2 aromatic carbocycles. The third-order valence-electron chi connectivity index (χ3n) is 9.46. The summed E-state index contributed by atoms with van der Waals surface area (Å²) in [4.78, 5) is 66.8. The summed E-state index contributed by atoms with van der Waals surface area (Å²) in [5, 5.41) is 8.06. The lowest BCUT2D eigenvalue weighted by molar-refractivity contribution is -0.143. The number of hydrogen-bond acceptors (Lipinski definition) is 11. The molecule has 0 aromatic heterocycles. The van der Waals surface area contributed by atoms with Crippen LogP contribution in [0.1, 0.15) is 61.6 Å². The number of aryl methyl sites for hydroxylation is 2. The Labute approximate surface area is 343 Å². The minimum Gasteiger partial charge on any atom is -0.382 e. The first-order valence-corrected chi connectivity index (χ1v) is 20.4. The third-order valence-corrected chi connectivity index (χ3v) is 9.46. The fourth-order valence-electron chi connectivity index (χ4n) is 6.38. The van der Waals surface area contributed by atoms with E-state index in [1.54, 1.807) is 14.2 Å². The quantitative estimate of drug-likeness (QED) is 0.0954. The molecular weight excluding hydrogens is 748 g/mol. The summed E-state index contributed by atoms with van der Waals surface area (Å²) in [6, 6.07) is 16.5. The van der Waals surface area contributed by atoms with Gasteiger partial charge in [-0.15, -0.1) is 0 Å². The van der Waals surface area contributed by atoms with Crippen LogP contribution in [0.3, 0.4) is 0 Å². The lowest BCUT2D eigenvalue weighted by Crippen LogP contribution is -2.54. The number of hydrogen-bond donors (Lipinski definition) is 3. The predicted molar refractivity (Wildman–Crippen MR) is 217 cm³/mol. The van der Waals surface area contributed by atoms with Gasteiger partial charge in [0.15, 0.2) is 0 Å². The van der Waals surface area contributed by atoms with Gasteiger partial charge >= 0.3 is 0 Å². The Kier molecular flexibility index (Phi) is 24.8. The molecule has 3 rings (SSSR count). The maximum Gasteiger partial charge on any atom is 0.249 e. The molecule has 322 valence electrons. The van der Waals surface area contributed by atoms with Gasteiger partial charge in [-0.1, -0.05) is 54.6 Å². The molecule has 3 N–H and O–H groups in total. The zero-order valence-corrected chi connectivity index (χ0v) is 34.3. The maximum absolute atomic E-state index is 13.9. The number of unbranched alkanes of at least 4 members (excludes halogenated alkanes) is 2. The van der Waals surface area contributed by atoms with E-state index in [0.717, 1.165) is 31.2 Å². The van der Waals surface area contributed by atoms with Gasteiger partial charge in [0.1, 0.15) is 25.3 Å². The second kappa shape index (κ2) is 29.9. The molecule has 15 nitrogen and oxygen atoms in total. The molecule has 0 spiro atoms. The van der Waals surface area contributed by atoms with Crippen molar-refractivity contribution < 1.29 is 52.4 Å². The van der Waals surface area contributed by atoms with E-state index in [9.17, 15) is 24.0 Å². The minimum absolute atomic E-state index is 0.0305. The number of nitrogens with zero attached hydrogens (tertiary/aromatic N) is 1. The predicted octanol–water partition coefficient (Wildman–Crippen LogP) is 2.56. The van der Waals surface area contributed by atoms with Gasteiger partial charge in [0.2, 0.25) is 29.5 Å². The number of imide groups is 1. The monoisotopic (exact) mass is 812 g/mol. The summed E-state index contributed by atoms with van der Waals surface area (Å²) < 4.78 is 31.3. The molecular formula is C43H64N4O11. The van der Waals surface area contributed by atoms with Crippen molar-refractivity contribution >= 4 is 29.5 Å². The van der Waals surface area contributed by atoms with Crippen molar-refractivity contribution in [2.24, 2.45) is 0 Å². The molecule has 1 aliphatic heterocycles. The van der Waals surface area contributed by atoms with Gasteiger partial charge in [0.25, 0.3) is 0 Å². The maximum atomic E-state index is 13.9. The van der Waals surface area contributed by atoms with E-state index < -0.39 is 35.7 Å². The molecule has 5 amide bonds. The summed E-state index contributed by atoms with van der Waals surface area (Å²) in [6.07, 6.45) is 6.43. The van der Waals surface area contributed by atoms with Crippen molar-refractivity contribution in [1.29, 1.82) is 0 Å². The van der Waals surface area contributed by atoms with Crippen LogP contribution in [0, 0.1) is 0 Å². The van der Waals surface area contributed by atoms with Crippen molar-refractivity contribution in [3.63, 3.8) is 0 Å². The van der Waals surface area contributed by atoms with Crippen molar-refractivity contribution in [2.45, 2.75) is 76.3 Å². The SMILES string of the molecule is COCCOCCOCC(=O)NCCCC[C@H](NC(=O)COCCOCCOC)C(=O)N1CCC[C@H]1C(=O)NC(=O)Cc1ccc(CCCCc2ccccc2)cc1. The number of likely N-dealkylation sites (tertiary alicyclic amines) is 1. The topological polar surface area (TPSA) is 180 Å². The Morgan fingerprint density at radius 2 is 1.22 bits per heavy atom. The van der Waals surface area contributed by atoms with Crippen LogP contribution in [-0.2, 0) is 71.7 Å². The molecule has 1 aliphatic rings. The van der Waals surface area contributed by atoms with Gasteiger partial charge < -0.3 is 44.0 Å². The Morgan fingerprint density at radius 3 is 1.86 bits per heavy atom. The lowest BCUT2D eigenvalue weighted by atomic mass is 10.0. The first-order chi connectivity index (χ1) is 28.3. The highest BCUT2D eigenvalue weighted by Gasteiger charge is 2.38. The highest BCUT2D eigenvalue weighted by molar-refractivity contribution is 6.00. The molecule has 0 bridgehead atoms. The van der Waals surface area contributed by atoms with Crippen molar-refractivity contribution in [1.82, 2.24) is 20.9 Å². The van der Waals surface area contributed by atoms with Crippen molar-refractivity contribution in [3.8, 4) is 0 Å². The van der Waals surface area contributed by atoms with Crippen molar-refractivity contribution in [2.75, 3.05) is 93.4 Å². The Hall–Kier alpha value is -4.25. The van der Waals surface area contributed by atoms with Crippen LogP contribution in [0.2, 0.25) is 0 Å². The third kappa shape index (κ3) is 20.4. The van der Waals surface area contributed by atoms with Crippen LogP contribution in [-0.4, -0.2) is 140 Å². The summed E-state index contributed by atoms with van der Waals surface area (Å²) in [7, 11) is 3.16. The fourth-order valence-corrected chi connectivity index (χ4v) is 6.38. The van der Waals surface area contributed by atoms with Crippen LogP contribution in [0.5, 0.6) is 0 Å². The average Bonchev–Trinajstić information content (AvgIpc) is 3.72. The minimum atomic E-state index is -0.938. The number of carbonyl (C=O) groups excluding carboxylic acids is 5. The van der Waals surface area contributed by atoms with Crippen LogP contribution in [0.15, 0.2) is 54.6 Å². The van der Waals surface area contributed by atoms with E-state index in [4.69, 9.17) is 28.4 Å². The van der Waals surface area contributed by atoms with Gasteiger partial charge in [0, 0.05) is 27.3 Å². The smallest absolute Gasteiger partial charge is 0.249 e. The Bertz CT molecular complexity index is 1480. The Morgan fingerprint density at radius 1 is 0.655 bits per heavy atom. The van der Waals surface area contributed by atoms with Gasteiger partial charge in [-0.2, -0.15) is 0 Å². The molecule has 0 radical (unpaired) electrons. The number of methoxy groups -OCH3 is 2. The second-order valence-electron chi connectivity index (χ2n) is 14.1. The molecule has 15 heteroatoms. The first-order valence-electron chi connectivity index (χ1n) is 20.4. The van der Waals surface area contributed by atoms with Gasteiger partial charge in [-0.3, -0.25) is 29.3 Å². The number of nitrogens with one attached hydrogen (secondary N) is 3.